The minimum absolute atomic E-state index is 0.0408. The molecule has 1 amide bonds. The van der Waals surface area contributed by atoms with Gasteiger partial charge in [0.1, 0.15) is 6.54 Å². The number of hydrogen-bond acceptors (Lipinski definition) is 2. The van der Waals surface area contributed by atoms with E-state index < -0.39 is 0 Å². The van der Waals surface area contributed by atoms with Crippen LogP contribution in [0.4, 0.5) is 0 Å². The Labute approximate surface area is 77.3 Å². The standard InChI is InChI=1S/C8H14N4O/c1-7-4-2-3-5-12(7)8(13)6-10-11-9/h7H,2-6H2,1H3. The molecule has 72 valence electrons. The van der Waals surface area contributed by atoms with Crippen LogP contribution in [0.15, 0.2) is 5.11 Å². The van der Waals surface area contributed by atoms with Crippen LogP contribution < -0.4 is 0 Å². The van der Waals surface area contributed by atoms with Gasteiger partial charge in [0.25, 0.3) is 0 Å². The maximum Gasteiger partial charge on any atom is 0.228 e. The lowest BCUT2D eigenvalue weighted by molar-refractivity contribution is -0.132. The average Bonchev–Trinajstić information content (AvgIpc) is 2.15. The van der Waals surface area contributed by atoms with Gasteiger partial charge in [-0.1, -0.05) is 5.11 Å². The van der Waals surface area contributed by atoms with E-state index in [0.29, 0.717) is 6.04 Å². The number of amides is 1. The van der Waals surface area contributed by atoms with Gasteiger partial charge in [-0.05, 0) is 31.7 Å². The first-order valence-corrected chi connectivity index (χ1v) is 4.56. The van der Waals surface area contributed by atoms with Crippen molar-refractivity contribution in [2.24, 2.45) is 5.11 Å². The van der Waals surface area contributed by atoms with Crippen molar-refractivity contribution in [3.8, 4) is 0 Å². The van der Waals surface area contributed by atoms with E-state index in [2.05, 4.69) is 10.0 Å². The van der Waals surface area contributed by atoms with Gasteiger partial charge >= 0.3 is 0 Å². The molecule has 1 unspecified atom stereocenters. The highest BCUT2D eigenvalue weighted by Gasteiger charge is 2.21. The van der Waals surface area contributed by atoms with E-state index in [1.54, 1.807) is 4.90 Å². The summed E-state index contributed by atoms with van der Waals surface area (Å²) in [6.45, 7) is 2.80. The maximum atomic E-state index is 11.4. The topological polar surface area (TPSA) is 69.1 Å². The SMILES string of the molecule is CC1CCCCN1C(=O)CN=[N+]=[N-]. The summed E-state index contributed by atoms with van der Waals surface area (Å²) < 4.78 is 0. The van der Waals surface area contributed by atoms with Gasteiger partial charge in [-0.15, -0.1) is 0 Å². The predicted octanol–water partition coefficient (Wildman–Crippen LogP) is 1.70. The normalized spacial score (nSPS) is 22.2. The number of nitrogens with zero attached hydrogens (tertiary/aromatic N) is 4. The van der Waals surface area contributed by atoms with Crippen molar-refractivity contribution < 1.29 is 4.79 Å². The van der Waals surface area contributed by atoms with Gasteiger partial charge in [0.15, 0.2) is 0 Å². The second-order valence-electron chi connectivity index (χ2n) is 3.32. The molecule has 13 heavy (non-hydrogen) atoms. The molecule has 1 heterocycles. The Hall–Kier alpha value is -1.22. The van der Waals surface area contributed by atoms with Crippen LogP contribution in [0.1, 0.15) is 26.2 Å². The van der Waals surface area contributed by atoms with Gasteiger partial charge in [0.2, 0.25) is 5.91 Å². The molecule has 0 spiro atoms. The number of azide groups is 1. The number of hydrogen-bond donors (Lipinski definition) is 0. The second kappa shape index (κ2) is 4.72. The van der Waals surface area contributed by atoms with E-state index in [1.807, 2.05) is 6.92 Å². The lowest BCUT2D eigenvalue weighted by atomic mass is 10.0. The predicted molar refractivity (Wildman–Crippen MR) is 49.0 cm³/mol. The largest absolute Gasteiger partial charge is 0.340 e. The van der Waals surface area contributed by atoms with Gasteiger partial charge in [-0.25, -0.2) is 0 Å². The van der Waals surface area contributed by atoms with E-state index in [0.717, 1.165) is 19.4 Å². The molecule has 1 aliphatic heterocycles. The Kier molecular flexibility index (Phi) is 3.58. The Morgan fingerprint density at radius 1 is 1.69 bits per heavy atom. The smallest absolute Gasteiger partial charge is 0.228 e. The molecule has 0 N–H and O–H groups in total. The van der Waals surface area contributed by atoms with Crippen molar-refractivity contribution in [3.05, 3.63) is 10.4 Å². The van der Waals surface area contributed by atoms with Crippen molar-refractivity contribution in [3.63, 3.8) is 0 Å². The summed E-state index contributed by atoms with van der Waals surface area (Å²) in [6.07, 6.45) is 3.31. The Balaban J connectivity index is 2.48. The number of likely N-dealkylation sites (tertiary alicyclic amines) is 1. The molecular weight excluding hydrogens is 168 g/mol. The zero-order chi connectivity index (χ0) is 9.68. The molecule has 1 rings (SSSR count). The Morgan fingerprint density at radius 2 is 2.46 bits per heavy atom. The lowest BCUT2D eigenvalue weighted by Gasteiger charge is -2.33. The van der Waals surface area contributed by atoms with Crippen molar-refractivity contribution >= 4 is 5.91 Å². The molecule has 0 aromatic heterocycles. The Morgan fingerprint density at radius 3 is 3.08 bits per heavy atom. The van der Waals surface area contributed by atoms with Crippen molar-refractivity contribution in [2.75, 3.05) is 13.1 Å². The molecule has 0 saturated carbocycles. The number of carbonyl (C=O) groups is 1. The summed E-state index contributed by atoms with van der Waals surface area (Å²) in [5.41, 5.74) is 8.07. The number of carbonyl (C=O) groups excluding carboxylic acids is 1. The quantitative estimate of drug-likeness (QED) is 0.364. The summed E-state index contributed by atoms with van der Waals surface area (Å²) in [4.78, 5) is 15.8. The molecule has 0 radical (unpaired) electrons. The monoisotopic (exact) mass is 182 g/mol. The zero-order valence-electron chi connectivity index (χ0n) is 7.81. The van der Waals surface area contributed by atoms with Crippen LogP contribution in [0.2, 0.25) is 0 Å². The maximum absolute atomic E-state index is 11.4. The molecule has 1 atom stereocenters. The number of piperidine rings is 1. The third kappa shape index (κ3) is 2.63. The summed E-state index contributed by atoms with van der Waals surface area (Å²) in [6, 6.07) is 0.301. The van der Waals surface area contributed by atoms with Crippen LogP contribution in [0, 0.1) is 0 Å². The zero-order valence-corrected chi connectivity index (χ0v) is 7.81. The van der Waals surface area contributed by atoms with Crippen LogP contribution in [0.5, 0.6) is 0 Å². The van der Waals surface area contributed by atoms with E-state index in [-0.39, 0.29) is 12.5 Å². The van der Waals surface area contributed by atoms with Gasteiger partial charge < -0.3 is 4.90 Å². The fraction of sp³-hybridized carbons (Fsp3) is 0.875. The first-order valence-electron chi connectivity index (χ1n) is 4.56. The molecule has 0 aromatic rings. The van der Waals surface area contributed by atoms with Crippen LogP contribution in [0.25, 0.3) is 10.4 Å². The fourth-order valence-corrected chi connectivity index (χ4v) is 1.65. The van der Waals surface area contributed by atoms with Crippen molar-refractivity contribution in [1.82, 2.24) is 4.90 Å². The lowest BCUT2D eigenvalue weighted by Crippen LogP contribution is -2.43. The second-order valence-corrected chi connectivity index (χ2v) is 3.32. The summed E-state index contributed by atoms with van der Waals surface area (Å²) in [7, 11) is 0. The number of rotatable bonds is 2. The van der Waals surface area contributed by atoms with E-state index in [9.17, 15) is 4.79 Å². The third-order valence-corrected chi connectivity index (χ3v) is 2.39. The summed E-state index contributed by atoms with van der Waals surface area (Å²) >= 11 is 0. The van der Waals surface area contributed by atoms with Crippen LogP contribution >= 0.6 is 0 Å². The Bertz CT molecular complexity index is 234. The highest BCUT2D eigenvalue weighted by Crippen LogP contribution is 2.16. The van der Waals surface area contributed by atoms with E-state index >= 15 is 0 Å². The summed E-state index contributed by atoms with van der Waals surface area (Å²) in [5.74, 6) is -0.0509. The molecule has 5 nitrogen and oxygen atoms in total. The minimum atomic E-state index is -0.0509. The fourth-order valence-electron chi connectivity index (χ4n) is 1.65. The highest BCUT2D eigenvalue weighted by molar-refractivity contribution is 5.78. The molecular formula is C8H14N4O. The van der Waals surface area contributed by atoms with Crippen LogP contribution in [-0.4, -0.2) is 29.9 Å². The van der Waals surface area contributed by atoms with Gasteiger partial charge in [0, 0.05) is 17.5 Å². The highest BCUT2D eigenvalue weighted by atomic mass is 16.2. The van der Waals surface area contributed by atoms with Crippen LogP contribution in [0.3, 0.4) is 0 Å². The molecule has 0 aromatic carbocycles. The van der Waals surface area contributed by atoms with E-state index in [1.165, 1.54) is 6.42 Å². The van der Waals surface area contributed by atoms with Crippen molar-refractivity contribution in [2.45, 2.75) is 32.2 Å². The minimum Gasteiger partial charge on any atom is -0.340 e. The summed E-state index contributed by atoms with van der Waals surface area (Å²) in [5, 5.41) is 3.27. The third-order valence-electron chi connectivity index (χ3n) is 2.39. The molecule has 1 aliphatic rings. The first kappa shape index (κ1) is 9.86. The van der Waals surface area contributed by atoms with Crippen molar-refractivity contribution in [1.29, 1.82) is 0 Å². The molecule has 1 fully saturated rings. The van der Waals surface area contributed by atoms with Gasteiger partial charge in [0.05, 0.1) is 0 Å². The van der Waals surface area contributed by atoms with Gasteiger partial charge in [-0.3, -0.25) is 4.79 Å². The molecule has 5 heteroatoms. The molecule has 0 bridgehead atoms. The van der Waals surface area contributed by atoms with E-state index in [4.69, 9.17) is 5.53 Å². The van der Waals surface area contributed by atoms with Gasteiger partial charge in [-0.2, -0.15) is 0 Å². The van der Waals surface area contributed by atoms with Crippen LogP contribution in [-0.2, 0) is 4.79 Å². The average molecular weight is 182 g/mol. The first-order chi connectivity index (χ1) is 6.25. The molecule has 1 saturated heterocycles. The molecule has 0 aliphatic carbocycles.